The average molecular weight is 1110 g/mol. The molecule has 4 heterocycles. The number of ketones is 2. The molecule has 0 aliphatic heterocycles. The molecule has 0 atom stereocenters. The Morgan fingerprint density at radius 3 is 1.60 bits per heavy atom. The lowest BCUT2D eigenvalue weighted by molar-refractivity contribution is 0.102. The van der Waals surface area contributed by atoms with E-state index in [1.54, 1.807) is 68.6 Å². The van der Waals surface area contributed by atoms with Crippen molar-refractivity contribution in [1.82, 2.24) is 19.9 Å². The van der Waals surface area contributed by atoms with Crippen LogP contribution >= 0.6 is 39.1 Å². The molecule has 0 aliphatic carbocycles. The Morgan fingerprint density at radius 1 is 0.671 bits per heavy atom. The number of pyridine rings is 2. The van der Waals surface area contributed by atoms with E-state index in [-0.39, 0.29) is 28.3 Å². The summed E-state index contributed by atoms with van der Waals surface area (Å²) in [5.74, 6) is -7.09. The summed E-state index contributed by atoms with van der Waals surface area (Å²) in [5.41, 5.74) is -0.120. The van der Waals surface area contributed by atoms with E-state index >= 15 is 4.39 Å². The minimum atomic E-state index is -3.84. The van der Waals surface area contributed by atoms with Crippen LogP contribution in [0.3, 0.4) is 0 Å². The van der Waals surface area contributed by atoms with E-state index in [9.17, 15) is 39.6 Å². The molecule has 0 fully saturated rings. The smallest absolute Gasteiger partial charge is 0.423 e. The lowest BCUT2D eigenvalue weighted by Crippen LogP contribution is -2.29. The van der Waals surface area contributed by atoms with Crippen molar-refractivity contribution in [3.05, 3.63) is 170 Å². The maximum absolute atomic E-state index is 15.1. The second kappa shape index (κ2) is 22.7. The van der Waals surface area contributed by atoms with Gasteiger partial charge >= 0.3 is 7.12 Å². The molecule has 70 heavy (non-hydrogen) atoms. The first-order chi connectivity index (χ1) is 33.1. The first kappa shape index (κ1) is 53.2. The number of H-pyrrole nitrogens is 2. The van der Waals surface area contributed by atoms with Crippen LogP contribution in [0.2, 0.25) is 10.0 Å². The molecule has 8 rings (SSSR count). The highest BCUT2D eigenvalue weighted by Gasteiger charge is 2.28. The zero-order valence-corrected chi connectivity index (χ0v) is 41.2. The fourth-order valence-electron chi connectivity index (χ4n) is 6.77. The number of halogens is 7. The Balaban J connectivity index is 0.000000413. The molecule has 4 aromatic heterocycles. The van der Waals surface area contributed by atoms with Crippen molar-refractivity contribution in [3.8, 4) is 11.1 Å². The van der Waals surface area contributed by atoms with Gasteiger partial charge in [0, 0.05) is 72.5 Å². The van der Waals surface area contributed by atoms with Gasteiger partial charge in [0.2, 0.25) is 31.6 Å². The number of rotatable bonds is 14. The van der Waals surface area contributed by atoms with E-state index in [0.29, 0.717) is 60.5 Å². The van der Waals surface area contributed by atoms with Crippen LogP contribution in [-0.2, 0) is 20.0 Å². The summed E-state index contributed by atoms with van der Waals surface area (Å²) < 4.78 is 111. The highest BCUT2D eigenvalue weighted by atomic mass is 79.9. The number of aromatic nitrogens is 4. The van der Waals surface area contributed by atoms with E-state index in [1.165, 1.54) is 24.7 Å². The first-order valence-electron chi connectivity index (χ1n) is 20.7. The van der Waals surface area contributed by atoms with E-state index in [4.69, 9.17) is 33.2 Å². The summed E-state index contributed by atoms with van der Waals surface area (Å²) in [6.45, 7) is 3.30. The monoisotopic (exact) mass is 1110 g/mol. The summed E-state index contributed by atoms with van der Waals surface area (Å²) in [7, 11) is -9.08. The third kappa shape index (κ3) is 12.8. The number of nitrogens with zero attached hydrogens (tertiary/aromatic N) is 2. The SMILES string of the molecule is CCCS(=O)(=O)Nc1ccc(F)c(C(=O)c2c[nH]c3ncc(-c4cccc(Cl)c4)cc23)c1F.CCCS(=O)(=O)Nc1ccc(F)c(C(=O)c2c[nH]c3ncc(Br)cc23)c1F.OB(O)c1cccc(Cl)c1.[HH].[HH].[HH].[HH]. The number of sulfonamides is 2. The van der Waals surface area contributed by atoms with E-state index < -0.39 is 84.5 Å². The van der Waals surface area contributed by atoms with Gasteiger partial charge in [0.1, 0.15) is 22.9 Å². The van der Waals surface area contributed by atoms with Crippen molar-refractivity contribution < 1.29 is 59.7 Å². The number of fused-ring (bicyclic) bond motifs is 2. The van der Waals surface area contributed by atoms with Crippen molar-refractivity contribution in [2.45, 2.75) is 26.7 Å². The number of hydrogen-bond acceptors (Lipinski definition) is 10. The number of hydrogen-bond donors (Lipinski definition) is 6. The molecular formula is C46H46BBrCl2F4N6O8S2. The molecule has 0 radical (unpaired) electrons. The number of benzene rings is 4. The highest BCUT2D eigenvalue weighted by Crippen LogP contribution is 2.32. The van der Waals surface area contributed by atoms with Crippen molar-refractivity contribution in [2.75, 3.05) is 20.9 Å². The van der Waals surface area contributed by atoms with Crippen molar-refractivity contribution >= 4 is 117 Å². The molecule has 8 aromatic rings. The average Bonchev–Trinajstić information content (AvgIpc) is 3.93. The maximum atomic E-state index is 15.1. The Bertz CT molecular complexity index is 3520. The fraction of sp³-hybridized carbons (Fsp3) is 0.130. The van der Waals surface area contributed by atoms with Gasteiger partial charge in [0.15, 0.2) is 11.6 Å². The van der Waals surface area contributed by atoms with Crippen molar-refractivity contribution in [3.63, 3.8) is 0 Å². The normalized spacial score (nSPS) is 11.4. The molecule has 0 spiro atoms. The lowest BCUT2D eigenvalue weighted by Gasteiger charge is -2.11. The van der Waals surface area contributed by atoms with Crippen molar-refractivity contribution in [2.24, 2.45) is 0 Å². The Kier molecular flexibility index (Phi) is 17.3. The molecule has 4 aromatic carbocycles. The van der Waals surface area contributed by atoms with Crippen LogP contribution in [0.15, 0.2) is 114 Å². The summed E-state index contributed by atoms with van der Waals surface area (Å²) in [6.07, 6.45) is 6.34. The van der Waals surface area contributed by atoms with E-state index in [1.807, 2.05) is 6.07 Å². The van der Waals surface area contributed by atoms with Gasteiger partial charge in [-0.15, -0.1) is 0 Å². The van der Waals surface area contributed by atoms with Gasteiger partial charge in [-0.25, -0.2) is 44.4 Å². The van der Waals surface area contributed by atoms with Crippen LogP contribution in [0.1, 0.15) is 64.2 Å². The zero-order valence-electron chi connectivity index (χ0n) is 36.5. The van der Waals surface area contributed by atoms with Gasteiger partial charge in [0.05, 0.1) is 34.0 Å². The maximum Gasteiger partial charge on any atom is 0.488 e. The third-order valence-corrected chi connectivity index (χ3v) is 13.8. The van der Waals surface area contributed by atoms with Crippen molar-refractivity contribution in [1.29, 1.82) is 0 Å². The molecule has 0 unspecified atom stereocenters. The fourth-order valence-corrected chi connectivity index (χ4v) is 9.76. The molecular weight excluding hydrogens is 1070 g/mol. The van der Waals surface area contributed by atoms with Gasteiger partial charge in [-0.2, -0.15) is 0 Å². The molecule has 0 bridgehead atoms. The van der Waals surface area contributed by atoms with Gasteiger partial charge in [-0.05, 0) is 100 Å². The molecule has 0 saturated heterocycles. The molecule has 14 nitrogen and oxygen atoms in total. The van der Waals surface area contributed by atoms with E-state index in [0.717, 1.165) is 29.8 Å². The number of anilines is 2. The van der Waals surface area contributed by atoms with Crippen LogP contribution in [-0.4, -0.2) is 77.0 Å². The van der Waals surface area contributed by atoms with Gasteiger partial charge in [-0.3, -0.25) is 19.0 Å². The first-order valence-corrected chi connectivity index (χ1v) is 25.5. The Labute approximate surface area is 422 Å². The highest BCUT2D eigenvalue weighted by molar-refractivity contribution is 9.10. The molecule has 6 N–H and O–H groups in total. The summed E-state index contributed by atoms with van der Waals surface area (Å²) in [6, 6.07) is 20.3. The minimum absolute atomic E-state index is 0. The second-order valence-electron chi connectivity index (χ2n) is 15.1. The van der Waals surface area contributed by atoms with Crippen LogP contribution in [0.4, 0.5) is 28.9 Å². The van der Waals surface area contributed by atoms with Crippen LogP contribution in [0.25, 0.3) is 33.2 Å². The van der Waals surface area contributed by atoms with Gasteiger partial charge in [-0.1, -0.05) is 61.3 Å². The van der Waals surface area contributed by atoms with Crippen LogP contribution in [0, 0.1) is 23.3 Å². The van der Waals surface area contributed by atoms with E-state index in [2.05, 4.69) is 45.3 Å². The summed E-state index contributed by atoms with van der Waals surface area (Å²) >= 11 is 14.9. The van der Waals surface area contributed by atoms with Gasteiger partial charge in [0.25, 0.3) is 0 Å². The summed E-state index contributed by atoms with van der Waals surface area (Å²) in [5, 5.41) is 19.0. The third-order valence-electron chi connectivity index (χ3n) is 9.94. The number of carbonyl (C=O) groups excluding carboxylic acids is 2. The predicted molar refractivity (Wildman–Crippen MR) is 275 cm³/mol. The van der Waals surface area contributed by atoms with Crippen LogP contribution in [0.5, 0.6) is 0 Å². The lowest BCUT2D eigenvalue weighted by atomic mass is 9.81. The number of carbonyl (C=O) groups is 2. The van der Waals surface area contributed by atoms with Crippen LogP contribution < -0.4 is 14.9 Å². The predicted octanol–water partition coefficient (Wildman–Crippen LogP) is 10.5. The minimum Gasteiger partial charge on any atom is -0.423 e. The standard InChI is InChI=1S/C23H18ClF2N3O3S.C17H14BrF2N3O3S.C6H6BClO2.4H2/c1-2-8-33(31,32)29-19-7-6-18(25)20(21(19)26)22(30)17-12-28-23-16(17)10-14(11-27-23)13-4-3-5-15(24)9-13;1-2-5-27(25,26)23-13-4-3-12(19)14(15(13)20)16(24)11-8-22-17-10(11)6-9(18)7-21-17;8-6-3-1-2-5(4-6)7(9)10;;;;/h3-7,9-12,29H,2,8H2,1H3,(H,27,28);3-4,6-8,23H,2,5H2,1H3,(H,21,22);1-4,9-10H;4*1H. The number of nitrogens with one attached hydrogen (secondary N) is 4. The second-order valence-corrected chi connectivity index (χ2v) is 20.6. The Morgan fingerprint density at radius 2 is 1.14 bits per heavy atom. The zero-order chi connectivity index (χ0) is 51.1. The molecule has 0 saturated carbocycles. The molecule has 24 heteroatoms. The largest absolute Gasteiger partial charge is 0.488 e. The molecule has 372 valence electrons. The molecule has 0 amide bonds. The molecule has 0 aliphatic rings. The Hall–Kier alpha value is -6.14. The summed E-state index contributed by atoms with van der Waals surface area (Å²) in [4.78, 5) is 39.9. The quantitative estimate of drug-likeness (QED) is 0.0343. The van der Waals surface area contributed by atoms with Gasteiger partial charge < -0.3 is 20.0 Å². The number of aromatic amines is 2. The topological polar surface area (TPSA) is 224 Å².